The first-order valence-corrected chi connectivity index (χ1v) is 13.6. The highest BCUT2D eigenvalue weighted by molar-refractivity contribution is 7.99. The van der Waals surface area contributed by atoms with Crippen molar-refractivity contribution in [1.29, 1.82) is 0 Å². The van der Waals surface area contributed by atoms with Crippen LogP contribution in [-0.2, 0) is 10.2 Å². The number of carbonyl (C=O) groups excluding carboxylic acids is 1. The van der Waals surface area contributed by atoms with Gasteiger partial charge in [-0.05, 0) is 41.7 Å². The third-order valence-electron chi connectivity index (χ3n) is 5.75. The summed E-state index contributed by atoms with van der Waals surface area (Å²) in [4.78, 5) is 12.5. The molecule has 1 aromatic heterocycles. The lowest BCUT2D eigenvalue weighted by Gasteiger charge is -2.19. The van der Waals surface area contributed by atoms with Gasteiger partial charge in [-0.1, -0.05) is 116 Å². The molecule has 0 fully saturated rings. The third kappa shape index (κ3) is 7.21. The van der Waals surface area contributed by atoms with E-state index in [0.717, 1.165) is 22.4 Å². The second kappa shape index (κ2) is 12.2. The number of rotatable bonds is 8. The van der Waals surface area contributed by atoms with Gasteiger partial charge in [-0.25, -0.2) is 5.43 Å². The lowest BCUT2D eigenvalue weighted by Crippen LogP contribution is -2.19. The van der Waals surface area contributed by atoms with Crippen molar-refractivity contribution in [2.24, 2.45) is 5.10 Å². The van der Waals surface area contributed by atoms with Gasteiger partial charge in [0.05, 0.1) is 17.0 Å². The van der Waals surface area contributed by atoms with Crippen LogP contribution in [-0.4, -0.2) is 32.6 Å². The molecule has 3 aromatic carbocycles. The van der Waals surface area contributed by atoms with Crippen molar-refractivity contribution in [2.45, 2.75) is 38.3 Å². The second-order valence-corrected chi connectivity index (χ2v) is 11.2. The van der Waals surface area contributed by atoms with E-state index in [1.165, 1.54) is 23.5 Å². The van der Waals surface area contributed by atoms with Crippen LogP contribution >= 0.6 is 23.4 Å². The van der Waals surface area contributed by atoms with Crippen LogP contribution in [0, 0.1) is 6.92 Å². The minimum absolute atomic E-state index is 0.0571. The van der Waals surface area contributed by atoms with Gasteiger partial charge >= 0.3 is 0 Å². The van der Waals surface area contributed by atoms with Gasteiger partial charge in [-0.3, -0.25) is 9.36 Å². The first-order valence-electron chi connectivity index (χ1n) is 12.2. The van der Waals surface area contributed by atoms with E-state index in [2.05, 4.69) is 65.8 Å². The van der Waals surface area contributed by atoms with Gasteiger partial charge < -0.3 is 0 Å². The summed E-state index contributed by atoms with van der Waals surface area (Å²) >= 11 is 7.50. The van der Waals surface area contributed by atoms with E-state index in [1.807, 2.05) is 66.1 Å². The Bertz CT molecular complexity index is 1440. The van der Waals surface area contributed by atoms with Crippen LogP contribution in [0.15, 0.2) is 94.2 Å². The fourth-order valence-corrected chi connectivity index (χ4v) is 4.59. The van der Waals surface area contributed by atoms with Crippen molar-refractivity contribution >= 4 is 41.6 Å². The summed E-state index contributed by atoms with van der Waals surface area (Å²) in [5.41, 5.74) is 7.80. The van der Waals surface area contributed by atoms with E-state index in [1.54, 1.807) is 6.08 Å². The molecular weight excluding hydrogens is 514 g/mol. The summed E-state index contributed by atoms with van der Waals surface area (Å²) in [6.45, 7) is 8.61. The zero-order valence-corrected chi connectivity index (χ0v) is 23.4. The number of aryl methyl sites for hydroxylation is 1. The maximum Gasteiger partial charge on any atom is 0.250 e. The fraction of sp³-hybridized carbons (Fsp3) is 0.200. The Morgan fingerprint density at radius 2 is 1.68 bits per heavy atom. The van der Waals surface area contributed by atoms with E-state index in [9.17, 15) is 4.79 Å². The summed E-state index contributed by atoms with van der Waals surface area (Å²) in [6, 6.07) is 26.2. The monoisotopic (exact) mass is 543 g/mol. The molecule has 0 saturated heterocycles. The highest BCUT2D eigenvalue weighted by atomic mass is 35.5. The van der Waals surface area contributed by atoms with Gasteiger partial charge in [0, 0.05) is 11.3 Å². The number of aromatic nitrogens is 3. The Morgan fingerprint density at radius 3 is 2.34 bits per heavy atom. The number of carbonyl (C=O) groups is 1. The number of hydrogen-bond donors (Lipinski definition) is 1. The zero-order valence-electron chi connectivity index (χ0n) is 21.9. The largest absolute Gasteiger partial charge is 0.272 e. The Labute approximate surface area is 232 Å². The lowest BCUT2D eigenvalue weighted by atomic mass is 9.87. The molecule has 0 aliphatic carbocycles. The average Bonchev–Trinajstić information content (AvgIpc) is 3.32. The van der Waals surface area contributed by atoms with Gasteiger partial charge in [0.1, 0.15) is 0 Å². The number of nitrogens with one attached hydrogen (secondary N) is 1. The molecule has 0 aliphatic heterocycles. The van der Waals surface area contributed by atoms with E-state index in [0.29, 0.717) is 16.0 Å². The molecule has 0 aliphatic rings. The quantitative estimate of drug-likeness (QED) is 0.147. The summed E-state index contributed by atoms with van der Waals surface area (Å²) in [5, 5.41) is 13.9. The van der Waals surface area contributed by atoms with Crippen molar-refractivity contribution in [1.82, 2.24) is 20.2 Å². The standard InChI is InChI=1S/C30H30ClN5OS/c1-21-10-16-26(17-11-21)36-28(23-12-14-24(15-13-23)30(2,3)4)34-35-29(36)38-20-27(37)33-32-19-25(31)18-22-8-6-5-7-9-22/h5-19H,20H2,1-4H3,(H,33,37). The summed E-state index contributed by atoms with van der Waals surface area (Å²) in [6.07, 6.45) is 3.18. The molecule has 0 bridgehead atoms. The summed E-state index contributed by atoms with van der Waals surface area (Å²) < 4.78 is 1.98. The Hall–Kier alpha value is -3.68. The van der Waals surface area contributed by atoms with Gasteiger partial charge in [0.2, 0.25) is 0 Å². The molecule has 0 saturated carbocycles. The Kier molecular flexibility index (Phi) is 8.81. The summed E-state index contributed by atoms with van der Waals surface area (Å²) in [7, 11) is 0. The fourth-order valence-electron chi connectivity index (χ4n) is 3.67. The molecule has 6 nitrogen and oxygen atoms in total. The highest BCUT2D eigenvalue weighted by Gasteiger charge is 2.19. The average molecular weight is 544 g/mol. The topological polar surface area (TPSA) is 72.2 Å². The SMILES string of the molecule is Cc1ccc(-n2c(SCC(=O)NN=CC(Cl)=Cc3ccccc3)nnc2-c2ccc(C(C)(C)C)cc2)cc1. The van der Waals surface area contributed by atoms with E-state index >= 15 is 0 Å². The number of benzene rings is 3. The third-order valence-corrected chi connectivity index (χ3v) is 6.88. The van der Waals surface area contributed by atoms with Crippen LogP contribution in [0.2, 0.25) is 0 Å². The first kappa shape index (κ1) is 27.4. The van der Waals surface area contributed by atoms with Crippen LogP contribution in [0.3, 0.4) is 0 Å². The lowest BCUT2D eigenvalue weighted by molar-refractivity contribution is -0.118. The molecular formula is C30H30ClN5OS. The molecule has 4 aromatic rings. The van der Waals surface area contributed by atoms with Crippen LogP contribution in [0.5, 0.6) is 0 Å². The van der Waals surface area contributed by atoms with Gasteiger partial charge in [-0.2, -0.15) is 5.10 Å². The summed E-state index contributed by atoms with van der Waals surface area (Å²) in [5.74, 6) is 0.558. The maximum atomic E-state index is 12.5. The van der Waals surface area contributed by atoms with Crippen molar-refractivity contribution in [2.75, 3.05) is 5.75 Å². The van der Waals surface area contributed by atoms with Crippen LogP contribution < -0.4 is 5.43 Å². The van der Waals surface area contributed by atoms with E-state index < -0.39 is 0 Å². The van der Waals surface area contributed by atoms with Crippen molar-refractivity contribution in [3.63, 3.8) is 0 Å². The van der Waals surface area contributed by atoms with Crippen molar-refractivity contribution in [3.05, 3.63) is 101 Å². The number of hydrogen-bond acceptors (Lipinski definition) is 5. The zero-order chi connectivity index (χ0) is 27.1. The van der Waals surface area contributed by atoms with E-state index in [4.69, 9.17) is 11.6 Å². The second-order valence-electron chi connectivity index (χ2n) is 9.83. The van der Waals surface area contributed by atoms with Crippen molar-refractivity contribution in [3.8, 4) is 17.1 Å². The molecule has 0 radical (unpaired) electrons. The predicted octanol–water partition coefficient (Wildman–Crippen LogP) is 7.01. The number of nitrogens with zero attached hydrogens (tertiary/aromatic N) is 4. The van der Waals surface area contributed by atoms with Crippen LogP contribution in [0.1, 0.15) is 37.5 Å². The molecule has 0 spiro atoms. The Balaban J connectivity index is 1.50. The minimum atomic E-state index is -0.273. The number of thioether (sulfide) groups is 1. The molecule has 1 N–H and O–H groups in total. The number of allylic oxidation sites excluding steroid dienone is 1. The van der Waals surface area contributed by atoms with Gasteiger partial charge in [-0.15, -0.1) is 10.2 Å². The van der Waals surface area contributed by atoms with Gasteiger partial charge in [0.15, 0.2) is 11.0 Å². The normalized spacial score (nSPS) is 12.2. The van der Waals surface area contributed by atoms with E-state index in [-0.39, 0.29) is 17.1 Å². The predicted molar refractivity (Wildman–Crippen MR) is 158 cm³/mol. The highest BCUT2D eigenvalue weighted by Crippen LogP contribution is 2.30. The Morgan fingerprint density at radius 1 is 1.00 bits per heavy atom. The minimum Gasteiger partial charge on any atom is -0.272 e. The molecule has 38 heavy (non-hydrogen) atoms. The van der Waals surface area contributed by atoms with Crippen LogP contribution in [0.25, 0.3) is 23.2 Å². The van der Waals surface area contributed by atoms with Gasteiger partial charge in [0.25, 0.3) is 5.91 Å². The molecule has 1 heterocycles. The molecule has 4 rings (SSSR count). The smallest absolute Gasteiger partial charge is 0.250 e. The van der Waals surface area contributed by atoms with Crippen molar-refractivity contribution < 1.29 is 4.79 Å². The molecule has 8 heteroatoms. The first-order chi connectivity index (χ1) is 18.2. The molecule has 0 unspecified atom stereocenters. The van der Waals surface area contributed by atoms with Crippen LogP contribution in [0.4, 0.5) is 0 Å². The number of hydrazone groups is 1. The molecule has 1 amide bonds. The maximum absolute atomic E-state index is 12.5. The molecule has 194 valence electrons. The number of halogens is 1. The number of amides is 1. The molecule has 0 atom stereocenters.